The SMILES string of the molecule is O=C(O)C(C1CCN(C(=O)C=Cc2cc(F)cc(F)c2)CC1)N1CCC(Cc2c[nH]c3ccccc23)CC1. The Bertz CT molecular complexity index is 1300. The predicted molar refractivity (Wildman–Crippen MR) is 142 cm³/mol. The summed E-state index contributed by atoms with van der Waals surface area (Å²) in [6.07, 6.45) is 8.96. The van der Waals surface area contributed by atoms with Crippen molar-refractivity contribution in [2.75, 3.05) is 26.2 Å². The van der Waals surface area contributed by atoms with Gasteiger partial charge in [-0.05, 0) is 92.4 Å². The lowest BCUT2D eigenvalue weighted by Gasteiger charge is -2.41. The number of carboxylic acids is 1. The number of carboxylic acid groups (broad SMARTS) is 1. The molecule has 0 radical (unpaired) electrons. The van der Waals surface area contributed by atoms with E-state index < -0.39 is 23.6 Å². The van der Waals surface area contributed by atoms with Gasteiger partial charge in [0.1, 0.15) is 17.7 Å². The van der Waals surface area contributed by atoms with Crippen molar-refractivity contribution in [3.8, 4) is 0 Å². The monoisotopic (exact) mass is 521 g/mol. The molecule has 3 aromatic rings. The first-order chi connectivity index (χ1) is 18.4. The first-order valence-corrected chi connectivity index (χ1v) is 13.3. The highest BCUT2D eigenvalue weighted by molar-refractivity contribution is 5.91. The maximum Gasteiger partial charge on any atom is 0.321 e. The van der Waals surface area contributed by atoms with E-state index >= 15 is 0 Å². The van der Waals surface area contributed by atoms with Crippen molar-refractivity contribution in [3.63, 3.8) is 0 Å². The summed E-state index contributed by atoms with van der Waals surface area (Å²) >= 11 is 0. The molecule has 2 aliphatic rings. The number of aromatic nitrogens is 1. The number of para-hydroxylation sites is 1. The minimum absolute atomic E-state index is 0.0250. The summed E-state index contributed by atoms with van der Waals surface area (Å²) in [5.74, 6) is -1.92. The van der Waals surface area contributed by atoms with E-state index in [1.165, 1.54) is 35.2 Å². The largest absolute Gasteiger partial charge is 0.480 e. The number of carbonyl (C=O) groups is 2. The number of likely N-dealkylation sites (tertiary alicyclic amines) is 2. The van der Waals surface area contributed by atoms with E-state index in [2.05, 4.69) is 34.3 Å². The zero-order chi connectivity index (χ0) is 26.6. The third-order valence-corrected chi connectivity index (χ3v) is 8.08. The van der Waals surface area contributed by atoms with Crippen molar-refractivity contribution in [2.45, 2.75) is 38.1 Å². The smallest absolute Gasteiger partial charge is 0.321 e. The molecule has 2 aliphatic heterocycles. The second-order valence-electron chi connectivity index (χ2n) is 10.5. The molecule has 1 atom stereocenters. The number of nitrogens with zero attached hydrogens (tertiary/aromatic N) is 2. The summed E-state index contributed by atoms with van der Waals surface area (Å²) in [4.78, 5) is 32.1. The minimum Gasteiger partial charge on any atom is -0.480 e. The summed E-state index contributed by atoms with van der Waals surface area (Å²) in [7, 11) is 0. The lowest BCUT2D eigenvalue weighted by atomic mass is 9.85. The van der Waals surface area contributed by atoms with Crippen LogP contribution in [0.3, 0.4) is 0 Å². The summed E-state index contributed by atoms with van der Waals surface area (Å²) in [6.45, 7) is 2.45. The molecular formula is C30H33F2N3O3. The van der Waals surface area contributed by atoms with E-state index in [4.69, 9.17) is 0 Å². The van der Waals surface area contributed by atoms with Gasteiger partial charge in [0, 0.05) is 42.3 Å². The average Bonchev–Trinajstić information content (AvgIpc) is 3.31. The van der Waals surface area contributed by atoms with E-state index in [-0.39, 0.29) is 17.4 Å². The quantitative estimate of drug-likeness (QED) is 0.424. The zero-order valence-electron chi connectivity index (χ0n) is 21.3. The van der Waals surface area contributed by atoms with Crippen LogP contribution in [0.2, 0.25) is 0 Å². The van der Waals surface area contributed by atoms with Crippen LogP contribution in [0.25, 0.3) is 17.0 Å². The molecule has 2 aromatic carbocycles. The number of aliphatic carboxylic acids is 1. The summed E-state index contributed by atoms with van der Waals surface area (Å²) in [5.41, 5.74) is 2.75. The first kappa shape index (κ1) is 26.1. The topological polar surface area (TPSA) is 76.6 Å². The van der Waals surface area contributed by atoms with Crippen LogP contribution in [0.1, 0.15) is 36.8 Å². The van der Waals surface area contributed by atoms with E-state index in [1.807, 2.05) is 6.07 Å². The van der Waals surface area contributed by atoms with Crippen LogP contribution in [0.4, 0.5) is 8.78 Å². The van der Waals surface area contributed by atoms with Crippen LogP contribution < -0.4 is 0 Å². The van der Waals surface area contributed by atoms with Crippen molar-refractivity contribution in [1.82, 2.24) is 14.8 Å². The van der Waals surface area contributed by atoms with Crippen LogP contribution in [-0.4, -0.2) is 64.0 Å². The molecule has 0 saturated carbocycles. The van der Waals surface area contributed by atoms with Crippen LogP contribution in [0.15, 0.2) is 54.7 Å². The van der Waals surface area contributed by atoms with Crippen molar-refractivity contribution in [2.24, 2.45) is 11.8 Å². The second-order valence-corrected chi connectivity index (χ2v) is 10.5. The van der Waals surface area contributed by atoms with Gasteiger partial charge < -0.3 is 15.0 Å². The van der Waals surface area contributed by atoms with Crippen molar-refractivity contribution >= 4 is 28.9 Å². The maximum absolute atomic E-state index is 13.4. The molecule has 5 rings (SSSR count). The Hall–Kier alpha value is -3.52. The normalized spacial score (nSPS) is 18.8. The molecule has 6 nitrogen and oxygen atoms in total. The number of rotatable bonds is 7. The highest BCUT2D eigenvalue weighted by Gasteiger charge is 2.38. The van der Waals surface area contributed by atoms with Gasteiger partial charge in [-0.2, -0.15) is 0 Å². The molecule has 8 heteroatoms. The summed E-state index contributed by atoms with van der Waals surface area (Å²) in [6, 6.07) is 10.9. The number of carbonyl (C=O) groups excluding carboxylic acids is 1. The highest BCUT2D eigenvalue weighted by atomic mass is 19.1. The average molecular weight is 522 g/mol. The molecule has 3 heterocycles. The Morgan fingerprint density at radius 3 is 2.37 bits per heavy atom. The third kappa shape index (κ3) is 5.96. The Morgan fingerprint density at radius 2 is 1.68 bits per heavy atom. The molecule has 0 spiro atoms. The number of H-pyrrole nitrogens is 1. The van der Waals surface area contributed by atoms with Crippen LogP contribution in [0, 0.1) is 23.5 Å². The third-order valence-electron chi connectivity index (χ3n) is 8.08. The molecule has 2 N–H and O–H groups in total. The number of benzene rings is 2. The standard InChI is InChI=1S/C30H33F2N3O3/c31-24-16-21(17-25(32)18-24)5-6-28(36)34-13-9-22(10-14-34)29(30(37)38)35-11-7-20(8-12-35)15-23-19-33-27-4-2-1-3-26(23)27/h1-6,16-20,22,29,33H,7-15H2,(H,37,38). The summed E-state index contributed by atoms with van der Waals surface area (Å²) < 4.78 is 26.8. The molecule has 1 amide bonds. The lowest BCUT2D eigenvalue weighted by molar-refractivity contribution is -0.147. The van der Waals surface area contributed by atoms with E-state index in [1.54, 1.807) is 4.90 Å². The highest BCUT2D eigenvalue weighted by Crippen LogP contribution is 2.31. The number of piperidine rings is 2. The molecule has 2 saturated heterocycles. The molecule has 1 aromatic heterocycles. The molecule has 200 valence electrons. The number of hydrogen-bond acceptors (Lipinski definition) is 3. The number of aromatic amines is 1. The van der Waals surface area contributed by atoms with E-state index in [0.717, 1.165) is 43.9 Å². The molecule has 1 unspecified atom stereocenters. The van der Waals surface area contributed by atoms with Crippen LogP contribution >= 0.6 is 0 Å². The predicted octanol–water partition coefficient (Wildman–Crippen LogP) is 5.11. The number of fused-ring (bicyclic) bond motifs is 1. The zero-order valence-corrected chi connectivity index (χ0v) is 21.3. The van der Waals surface area contributed by atoms with Crippen molar-refractivity contribution in [3.05, 3.63) is 77.5 Å². The van der Waals surface area contributed by atoms with Gasteiger partial charge in [0.05, 0.1) is 0 Å². The van der Waals surface area contributed by atoms with Gasteiger partial charge in [0.2, 0.25) is 5.91 Å². The fourth-order valence-corrected chi connectivity index (χ4v) is 6.08. The summed E-state index contributed by atoms with van der Waals surface area (Å²) in [5, 5.41) is 11.4. The number of amides is 1. The number of nitrogens with one attached hydrogen (secondary N) is 1. The maximum atomic E-state index is 13.4. The van der Waals surface area contributed by atoms with Gasteiger partial charge in [-0.15, -0.1) is 0 Å². The van der Waals surface area contributed by atoms with Crippen LogP contribution in [-0.2, 0) is 16.0 Å². The van der Waals surface area contributed by atoms with E-state index in [9.17, 15) is 23.5 Å². The molecule has 2 fully saturated rings. The van der Waals surface area contributed by atoms with Gasteiger partial charge in [-0.1, -0.05) is 18.2 Å². The van der Waals surface area contributed by atoms with Crippen molar-refractivity contribution in [1.29, 1.82) is 0 Å². The Morgan fingerprint density at radius 1 is 1.00 bits per heavy atom. The van der Waals surface area contributed by atoms with Gasteiger partial charge in [0.15, 0.2) is 0 Å². The van der Waals surface area contributed by atoms with Gasteiger partial charge >= 0.3 is 5.97 Å². The van der Waals surface area contributed by atoms with E-state index in [0.29, 0.717) is 31.8 Å². The second kappa shape index (κ2) is 11.5. The van der Waals surface area contributed by atoms with Gasteiger partial charge in [0.25, 0.3) is 0 Å². The fraction of sp³-hybridized carbons (Fsp3) is 0.400. The Kier molecular flexibility index (Phi) is 7.88. The van der Waals surface area contributed by atoms with Crippen LogP contribution in [0.5, 0.6) is 0 Å². The minimum atomic E-state index is -0.794. The Labute approximate surface area is 220 Å². The van der Waals surface area contributed by atoms with Crippen molar-refractivity contribution < 1.29 is 23.5 Å². The fourth-order valence-electron chi connectivity index (χ4n) is 6.08. The Balaban J connectivity index is 1.13. The van der Waals surface area contributed by atoms with Gasteiger partial charge in [-0.25, -0.2) is 8.78 Å². The lowest BCUT2D eigenvalue weighted by Crippen LogP contribution is -2.52. The molecule has 0 aliphatic carbocycles. The first-order valence-electron chi connectivity index (χ1n) is 13.3. The number of hydrogen-bond donors (Lipinski definition) is 2. The van der Waals surface area contributed by atoms with Gasteiger partial charge in [-0.3, -0.25) is 14.5 Å². The molecule has 0 bridgehead atoms. The number of halogens is 2. The molecule has 38 heavy (non-hydrogen) atoms. The molecular weight excluding hydrogens is 488 g/mol.